The second-order valence-electron chi connectivity index (χ2n) is 7.37. The molecule has 5 unspecified atom stereocenters. The number of hydrogen-bond acceptors (Lipinski definition) is 2. The number of nitrogens with two attached hydrogens (primary N) is 1. The van der Waals surface area contributed by atoms with E-state index >= 15 is 0 Å². The fourth-order valence-corrected chi connectivity index (χ4v) is 5.34. The smallest absolute Gasteiger partial charge is 0.0135 e. The lowest BCUT2D eigenvalue weighted by molar-refractivity contribution is 0.0835. The first kappa shape index (κ1) is 13.9. The molecule has 0 amide bonds. The van der Waals surface area contributed by atoms with Gasteiger partial charge in [-0.25, -0.2) is 0 Å². The summed E-state index contributed by atoms with van der Waals surface area (Å²) >= 11 is 0. The predicted octanol–water partition coefficient (Wildman–Crippen LogP) is 3.26. The Kier molecular flexibility index (Phi) is 4.48. The zero-order chi connectivity index (χ0) is 13.2. The Morgan fingerprint density at radius 1 is 1.00 bits per heavy atom. The maximum atomic E-state index is 6.03. The Labute approximate surface area is 119 Å². The van der Waals surface area contributed by atoms with Crippen molar-refractivity contribution in [3.63, 3.8) is 0 Å². The highest BCUT2D eigenvalue weighted by atomic mass is 15.2. The van der Waals surface area contributed by atoms with E-state index in [1.54, 1.807) is 6.42 Å². The van der Waals surface area contributed by atoms with Gasteiger partial charge >= 0.3 is 0 Å². The van der Waals surface area contributed by atoms with Gasteiger partial charge in [0.15, 0.2) is 0 Å². The molecule has 110 valence electrons. The van der Waals surface area contributed by atoms with Gasteiger partial charge in [0.05, 0.1) is 0 Å². The van der Waals surface area contributed by atoms with Crippen LogP contribution in [-0.4, -0.2) is 30.6 Å². The number of fused-ring (bicyclic) bond motifs is 2. The molecule has 3 aliphatic rings. The summed E-state index contributed by atoms with van der Waals surface area (Å²) in [4.78, 5) is 2.81. The van der Waals surface area contributed by atoms with Crippen LogP contribution in [0.5, 0.6) is 0 Å². The van der Waals surface area contributed by atoms with E-state index in [2.05, 4.69) is 11.8 Å². The quantitative estimate of drug-likeness (QED) is 0.826. The molecule has 2 bridgehead atoms. The van der Waals surface area contributed by atoms with Crippen LogP contribution in [0.15, 0.2) is 0 Å². The zero-order valence-corrected chi connectivity index (χ0v) is 12.7. The van der Waals surface area contributed by atoms with Crippen LogP contribution in [0.25, 0.3) is 0 Å². The van der Waals surface area contributed by atoms with Gasteiger partial charge < -0.3 is 10.6 Å². The number of rotatable bonds is 5. The Balaban J connectivity index is 1.60. The minimum atomic E-state index is 0.771. The Bertz CT molecular complexity index is 291. The standard InChI is InChI=1S/C17H32N2/c1-2-19(17-6-4-3-5-15(17)11-18)12-16-10-13-7-8-14(16)9-13/h13-17H,2-12,18H2,1H3. The van der Waals surface area contributed by atoms with Crippen molar-refractivity contribution in [1.82, 2.24) is 4.90 Å². The molecule has 2 nitrogen and oxygen atoms in total. The molecule has 0 aromatic carbocycles. The van der Waals surface area contributed by atoms with Crippen molar-refractivity contribution in [3.05, 3.63) is 0 Å². The second-order valence-corrected chi connectivity index (χ2v) is 7.37. The van der Waals surface area contributed by atoms with Crippen molar-refractivity contribution < 1.29 is 0 Å². The van der Waals surface area contributed by atoms with E-state index in [1.165, 1.54) is 58.0 Å². The van der Waals surface area contributed by atoms with Crippen LogP contribution >= 0.6 is 0 Å². The summed E-state index contributed by atoms with van der Waals surface area (Å²) in [5, 5.41) is 0. The van der Waals surface area contributed by atoms with Crippen molar-refractivity contribution in [1.29, 1.82) is 0 Å². The molecule has 3 rings (SSSR count). The number of nitrogens with zero attached hydrogens (tertiary/aromatic N) is 1. The fraction of sp³-hybridized carbons (Fsp3) is 1.00. The van der Waals surface area contributed by atoms with E-state index < -0.39 is 0 Å². The van der Waals surface area contributed by atoms with Gasteiger partial charge in [-0.3, -0.25) is 0 Å². The molecular formula is C17H32N2. The lowest BCUT2D eigenvalue weighted by Gasteiger charge is -2.41. The fourth-order valence-electron chi connectivity index (χ4n) is 5.34. The molecule has 5 atom stereocenters. The first-order chi connectivity index (χ1) is 9.31. The van der Waals surface area contributed by atoms with Crippen LogP contribution in [0.3, 0.4) is 0 Å². The Morgan fingerprint density at radius 2 is 1.84 bits per heavy atom. The lowest BCUT2D eigenvalue weighted by atomic mass is 9.82. The molecule has 2 heteroatoms. The predicted molar refractivity (Wildman–Crippen MR) is 81.0 cm³/mol. The van der Waals surface area contributed by atoms with Crippen LogP contribution in [0, 0.1) is 23.7 Å². The van der Waals surface area contributed by atoms with E-state index in [0.717, 1.165) is 36.3 Å². The molecule has 3 aliphatic carbocycles. The average Bonchev–Trinajstić information content (AvgIpc) is 3.07. The minimum absolute atomic E-state index is 0.771. The second kappa shape index (κ2) is 6.13. The molecule has 0 heterocycles. The molecule has 0 spiro atoms. The summed E-state index contributed by atoms with van der Waals surface area (Å²) in [6.45, 7) is 5.86. The van der Waals surface area contributed by atoms with Gasteiger partial charge in [-0.1, -0.05) is 26.2 Å². The first-order valence-corrected chi connectivity index (χ1v) is 8.76. The Morgan fingerprint density at radius 3 is 2.47 bits per heavy atom. The third-order valence-electron chi connectivity index (χ3n) is 6.40. The van der Waals surface area contributed by atoms with Gasteiger partial charge in [0.25, 0.3) is 0 Å². The molecule has 3 saturated carbocycles. The van der Waals surface area contributed by atoms with Crippen LogP contribution < -0.4 is 5.73 Å². The van der Waals surface area contributed by atoms with Crippen molar-refractivity contribution in [2.45, 2.75) is 64.3 Å². The van der Waals surface area contributed by atoms with Crippen molar-refractivity contribution in [2.75, 3.05) is 19.6 Å². The molecule has 3 fully saturated rings. The maximum absolute atomic E-state index is 6.03. The van der Waals surface area contributed by atoms with Gasteiger partial charge in [-0.05, 0) is 68.9 Å². The molecule has 0 radical (unpaired) electrons. The average molecular weight is 264 g/mol. The summed E-state index contributed by atoms with van der Waals surface area (Å²) in [6.07, 6.45) is 11.7. The van der Waals surface area contributed by atoms with Crippen molar-refractivity contribution in [3.8, 4) is 0 Å². The van der Waals surface area contributed by atoms with E-state index in [9.17, 15) is 0 Å². The van der Waals surface area contributed by atoms with Crippen LogP contribution in [0.2, 0.25) is 0 Å². The van der Waals surface area contributed by atoms with Gasteiger partial charge in [-0.15, -0.1) is 0 Å². The molecule has 19 heavy (non-hydrogen) atoms. The summed E-state index contributed by atoms with van der Waals surface area (Å²) < 4.78 is 0. The molecule has 0 aromatic heterocycles. The van der Waals surface area contributed by atoms with Gasteiger partial charge in [0.2, 0.25) is 0 Å². The van der Waals surface area contributed by atoms with Gasteiger partial charge in [-0.2, -0.15) is 0 Å². The minimum Gasteiger partial charge on any atom is -0.330 e. The van der Waals surface area contributed by atoms with Crippen LogP contribution in [0.4, 0.5) is 0 Å². The summed E-state index contributed by atoms with van der Waals surface area (Å²) in [7, 11) is 0. The van der Waals surface area contributed by atoms with Gasteiger partial charge in [0, 0.05) is 12.6 Å². The SMILES string of the molecule is CCN(CC1CC2CCC1C2)C1CCCCC1CN. The normalized spacial score (nSPS) is 42.2. The maximum Gasteiger partial charge on any atom is 0.0135 e. The third-order valence-corrected chi connectivity index (χ3v) is 6.40. The molecule has 0 saturated heterocycles. The van der Waals surface area contributed by atoms with Gasteiger partial charge in [0.1, 0.15) is 0 Å². The lowest BCUT2D eigenvalue weighted by Crippen LogP contribution is -2.47. The van der Waals surface area contributed by atoms with E-state index in [-0.39, 0.29) is 0 Å². The summed E-state index contributed by atoms with van der Waals surface area (Å²) in [6, 6.07) is 0.794. The highest BCUT2D eigenvalue weighted by Gasteiger charge is 2.41. The third kappa shape index (κ3) is 2.85. The summed E-state index contributed by atoms with van der Waals surface area (Å²) in [5.41, 5.74) is 6.03. The monoisotopic (exact) mass is 264 g/mol. The molecule has 0 aromatic rings. The number of hydrogen-bond donors (Lipinski definition) is 1. The van der Waals surface area contributed by atoms with E-state index in [1.807, 2.05) is 0 Å². The Hall–Kier alpha value is -0.0800. The highest BCUT2D eigenvalue weighted by molar-refractivity contribution is 4.93. The molecular weight excluding hydrogens is 232 g/mol. The highest BCUT2D eigenvalue weighted by Crippen LogP contribution is 2.48. The molecule has 2 N–H and O–H groups in total. The van der Waals surface area contributed by atoms with Crippen molar-refractivity contribution in [2.24, 2.45) is 29.4 Å². The topological polar surface area (TPSA) is 29.3 Å². The summed E-state index contributed by atoms with van der Waals surface area (Å²) in [5.74, 6) is 3.94. The van der Waals surface area contributed by atoms with Crippen molar-refractivity contribution >= 4 is 0 Å². The first-order valence-electron chi connectivity index (χ1n) is 8.76. The zero-order valence-electron chi connectivity index (χ0n) is 12.7. The van der Waals surface area contributed by atoms with Crippen LogP contribution in [0.1, 0.15) is 58.3 Å². The van der Waals surface area contributed by atoms with E-state index in [0.29, 0.717) is 0 Å². The largest absolute Gasteiger partial charge is 0.330 e. The van der Waals surface area contributed by atoms with E-state index in [4.69, 9.17) is 5.73 Å². The van der Waals surface area contributed by atoms with Crippen LogP contribution in [-0.2, 0) is 0 Å². The molecule has 0 aliphatic heterocycles.